The minimum Gasteiger partial charge on any atom is -0.390 e. The molecule has 2 rings (SSSR count). The Morgan fingerprint density at radius 2 is 2.39 bits per heavy atom. The first-order valence-corrected chi connectivity index (χ1v) is 8.72. The highest BCUT2D eigenvalue weighted by atomic mass is 32.2. The minimum atomic E-state index is -3.12. The van der Waals surface area contributed by atoms with Crippen LogP contribution in [0.4, 0.5) is 5.69 Å². The smallest absolute Gasteiger partial charge is 0.169 e. The third kappa shape index (κ3) is 2.96. The minimum absolute atomic E-state index is 0.139. The highest BCUT2D eigenvalue weighted by Crippen LogP contribution is 2.26. The average Bonchev–Trinajstić information content (AvgIpc) is 2.38. The van der Waals surface area contributed by atoms with Gasteiger partial charge in [-0.1, -0.05) is 0 Å². The summed E-state index contributed by atoms with van der Waals surface area (Å²) >= 11 is 1.65. The lowest BCUT2D eigenvalue weighted by Crippen LogP contribution is -2.47. The van der Waals surface area contributed by atoms with Crippen LogP contribution >= 0.6 is 11.8 Å². The Morgan fingerprint density at radius 3 is 3.06 bits per heavy atom. The number of sulfone groups is 1. The molecule has 18 heavy (non-hydrogen) atoms. The fraction of sp³-hybridized carbons (Fsp3) is 0.545. The molecule has 0 aromatic carbocycles. The molecule has 0 bridgehead atoms. The fourth-order valence-electron chi connectivity index (χ4n) is 1.96. The molecule has 0 spiro atoms. The third-order valence-electron chi connectivity index (χ3n) is 2.87. The molecule has 1 N–H and O–H groups in total. The second-order valence-corrected chi connectivity index (χ2v) is 7.57. The number of hydrogen-bond donors (Lipinski definition) is 1. The van der Waals surface area contributed by atoms with Gasteiger partial charge in [-0.2, -0.15) is 11.8 Å². The topological polar surface area (TPSA) is 70.5 Å². The lowest BCUT2D eigenvalue weighted by Gasteiger charge is -2.35. The highest BCUT2D eigenvalue weighted by Gasteiger charge is 2.31. The molecular weight excluding hydrogens is 272 g/mol. The first kappa shape index (κ1) is 13.6. The third-order valence-corrected chi connectivity index (χ3v) is 5.52. The van der Waals surface area contributed by atoms with Gasteiger partial charge >= 0.3 is 0 Å². The Labute approximate surface area is 111 Å². The Morgan fingerprint density at radius 1 is 1.61 bits per heavy atom. The van der Waals surface area contributed by atoms with E-state index in [0.717, 1.165) is 11.4 Å². The van der Waals surface area contributed by atoms with Gasteiger partial charge in [0.05, 0.1) is 12.3 Å². The van der Waals surface area contributed by atoms with Crippen LogP contribution in [0.15, 0.2) is 18.3 Å². The van der Waals surface area contributed by atoms with Crippen molar-refractivity contribution >= 4 is 27.3 Å². The summed E-state index contributed by atoms with van der Waals surface area (Å²) < 4.78 is 23.6. The first-order chi connectivity index (χ1) is 8.52. The van der Waals surface area contributed by atoms with Crippen LogP contribution in [0.25, 0.3) is 0 Å². The molecule has 1 aromatic heterocycles. The molecular formula is C11H16N2O3S2. The van der Waals surface area contributed by atoms with Crippen molar-refractivity contribution in [2.75, 3.05) is 29.2 Å². The lowest BCUT2D eigenvalue weighted by atomic mass is 10.3. The van der Waals surface area contributed by atoms with Crippen molar-refractivity contribution in [3.63, 3.8) is 0 Å². The second-order valence-electron chi connectivity index (χ2n) is 4.22. The van der Waals surface area contributed by atoms with E-state index >= 15 is 0 Å². The largest absolute Gasteiger partial charge is 0.390 e. The number of pyridine rings is 1. The van der Waals surface area contributed by atoms with Crippen LogP contribution < -0.4 is 4.90 Å². The summed E-state index contributed by atoms with van der Waals surface area (Å²) in [6.45, 7) is 0.553. The van der Waals surface area contributed by atoms with Crippen LogP contribution in [0.5, 0.6) is 0 Å². The fourth-order valence-corrected chi connectivity index (χ4v) is 4.80. The first-order valence-electron chi connectivity index (χ1n) is 5.61. The number of rotatable bonds is 3. The summed E-state index contributed by atoms with van der Waals surface area (Å²) in [5, 5.41) is 8.59. The monoisotopic (exact) mass is 288 g/mol. The molecule has 0 radical (unpaired) electrons. The second kappa shape index (κ2) is 5.46. The predicted molar refractivity (Wildman–Crippen MR) is 73.5 cm³/mol. The summed E-state index contributed by atoms with van der Waals surface area (Å²) in [6.07, 6.45) is 2.87. The van der Waals surface area contributed by atoms with Crippen molar-refractivity contribution in [2.45, 2.75) is 12.0 Å². The van der Waals surface area contributed by atoms with Crippen LogP contribution in [0, 0.1) is 0 Å². The van der Waals surface area contributed by atoms with Gasteiger partial charge in [-0.25, -0.2) is 8.42 Å². The zero-order valence-electron chi connectivity index (χ0n) is 10.1. The number of nitrogens with zero attached hydrogens (tertiary/aromatic N) is 2. The maximum Gasteiger partial charge on any atom is 0.169 e. The zero-order chi connectivity index (χ0) is 13.2. The van der Waals surface area contributed by atoms with E-state index in [1.807, 2.05) is 4.90 Å². The molecule has 1 aliphatic heterocycles. The molecule has 1 unspecified atom stereocenters. The van der Waals surface area contributed by atoms with Gasteiger partial charge in [0, 0.05) is 36.2 Å². The molecule has 1 fully saturated rings. The molecule has 5 nitrogen and oxygen atoms in total. The van der Waals surface area contributed by atoms with Gasteiger partial charge in [0.2, 0.25) is 0 Å². The van der Waals surface area contributed by atoms with Gasteiger partial charge in [0.15, 0.2) is 9.84 Å². The maximum atomic E-state index is 11.8. The lowest BCUT2D eigenvalue weighted by molar-refractivity contribution is 0.277. The zero-order valence-corrected chi connectivity index (χ0v) is 11.7. The number of hydrogen-bond acceptors (Lipinski definition) is 6. The number of aromatic nitrogens is 1. The van der Waals surface area contributed by atoms with Crippen LogP contribution in [0.1, 0.15) is 5.69 Å². The molecule has 1 aromatic rings. The van der Waals surface area contributed by atoms with E-state index in [-0.39, 0.29) is 6.61 Å². The number of aliphatic hydroxyl groups is 1. The number of aliphatic hydroxyl groups excluding tert-OH is 1. The summed E-state index contributed by atoms with van der Waals surface area (Å²) in [6, 6.07) is 3.53. The average molecular weight is 288 g/mol. The van der Waals surface area contributed by atoms with Crippen molar-refractivity contribution in [3.8, 4) is 0 Å². The maximum absolute atomic E-state index is 11.8. The van der Waals surface area contributed by atoms with E-state index in [0.29, 0.717) is 18.0 Å². The van der Waals surface area contributed by atoms with Crippen molar-refractivity contribution in [2.24, 2.45) is 0 Å². The molecule has 0 aliphatic carbocycles. The Balaban J connectivity index is 2.33. The van der Waals surface area contributed by atoms with Crippen molar-refractivity contribution < 1.29 is 13.5 Å². The van der Waals surface area contributed by atoms with Gasteiger partial charge in [-0.15, -0.1) is 0 Å². The van der Waals surface area contributed by atoms with Crippen molar-refractivity contribution in [1.29, 1.82) is 0 Å². The van der Waals surface area contributed by atoms with Crippen molar-refractivity contribution in [1.82, 2.24) is 4.98 Å². The van der Waals surface area contributed by atoms with Gasteiger partial charge in [0.1, 0.15) is 5.37 Å². The number of thioether (sulfide) groups is 1. The molecule has 0 amide bonds. The molecule has 1 atom stereocenters. The molecule has 1 aliphatic rings. The quantitative estimate of drug-likeness (QED) is 0.873. The summed E-state index contributed by atoms with van der Waals surface area (Å²) in [7, 11) is -3.12. The molecule has 1 saturated heterocycles. The molecule has 100 valence electrons. The van der Waals surface area contributed by atoms with Gasteiger partial charge in [-0.05, 0) is 12.1 Å². The Bertz CT molecular complexity index is 519. The van der Waals surface area contributed by atoms with Gasteiger partial charge in [0.25, 0.3) is 0 Å². The SMILES string of the molecule is CS(=O)(=O)C1CSCCN1c1ccnc(CO)c1. The van der Waals surface area contributed by atoms with Gasteiger partial charge < -0.3 is 10.0 Å². The van der Waals surface area contributed by atoms with Crippen LogP contribution in [0.2, 0.25) is 0 Å². The van der Waals surface area contributed by atoms with E-state index in [1.165, 1.54) is 6.26 Å². The standard InChI is InChI=1S/C11H16N2O3S2/c1-18(15,16)11-8-17-5-4-13(11)10-2-3-12-9(6-10)7-14/h2-3,6,11,14H,4-5,7-8H2,1H3. The summed E-state index contributed by atoms with van der Waals surface area (Å²) in [5.74, 6) is 1.48. The van der Waals surface area contributed by atoms with Crippen molar-refractivity contribution in [3.05, 3.63) is 24.0 Å². The van der Waals surface area contributed by atoms with Crippen LogP contribution in [-0.2, 0) is 16.4 Å². The van der Waals surface area contributed by atoms with E-state index < -0.39 is 15.2 Å². The van der Waals surface area contributed by atoms with Crippen LogP contribution in [0.3, 0.4) is 0 Å². The predicted octanol–water partition coefficient (Wildman–Crippen LogP) is 0.498. The number of anilines is 1. The molecule has 0 saturated carbocycles. The highest BCUT2D eigenvalue weighted by molar-refractivity contribution is 8.01. The molecule has 2 heterocycles. The van der Waals surface area contributed by atoms with E-state index in [9.17, 15) is 8.42 Å². The summed E-state index contributed by atoms with van der Waals surface area (Å²) in [4.78, 5) is 5.89. The van der Waals surface area contributed by atoms with Crippen LogP contribution in [-0.4, -0.2) is 48.2 Å². The normalized spacial score (nSPS) is 21.0. The van der Waals surface area contributed by atoms with Gasteiger partial charge in [-0.3, -0.25) is 4.98 Å². The van der Waals surface area contributed by atoms with E-state index in [2.05, 4.69) is 4.98 Å². The molecule has 7 heteroatoms. The van der Waals surface area contributed by atoms with E-state index in [4.69, 9.17) is 5.11 Å². The van der Waals surface area contributed by atoms with E-state index in [1.54, 1.807) is 30.1 Å². The Kier molecular flexibility index (Phi) is 4.14. The summed E-state index contributed by atoms with van der Waals surface area (Å²) in [5.41, 5.74) is 1.36. The Hall–Kier alpha value is -0.790.